The molecule has 0 saturated heterocycles. The van der Waals surface area contributed by atoms with Crippen LogP contribution in [-0.2, 0) is 10.2 Å². The van der Waals surface area contributed by atoms with Crippen LogP contribution in [0.5, 0.6) is 5.75 Å². The largest absolute Gasteiger partial charge is 0.492 e. The number of carbonyl (C=O) groups is 1. The first-order valence-corrected chi connectivity index (χ1v) is 10.4. The minimum atomic E-state index is -5.73. The molecule has 0 bridgehead atoms. The number of nitrogens with two attached hydrogens (primary N) is 1. The van der Waals surface area contributed by atoms with Gasteiger partial charge in [-0.1, -0.05) is 13.3 Å². The van der Waals surface area contributed by atoms with Gasteiger partial charge in [0.25, 0.3) is 0 Å². The van der Waals surface area contributed by atoms with E-state index in [2.05, 4.69) is 15.9 Å². The smallest absolute Gasteiger partial charge is 0.400 e. The number of unbranched alkanes of at least 4 members (excludes halogenated alkanes) is 1. The number of benzene rings is 1. The Bertz CT molecular complexity index is 867. The maximum absolute atomic E-state index is 14.1. The standard InChI is InChI=1S/C14H15BrF2NO5PS/c1-2-3-4-23-9-6-7(13(18)19)5-8-10(15)12(25-11(8)9)14(16,17)24(20,21)22/h5-6H,2-4H2,1H3,(H2,18,19)(H2,20,21,22). The molecule has 6 nitrogen and oxygen atoms in total. The van der Waals surface area contributed by atoms with Crippen molar-refractivity contribution in [3.63, 3.8) is 0 Å². The highest BCUT2D eigenvalue weighted by atomic mass is 79.9. The van der Waals surface area contributed by atoms with E-state index >= 15 is 0 Å². The van der Waals surface area contributed by atoms with Crippen molar-refractivity contribution in [2.75, 3.05) is 6.61 Å². The predicted molar refractivity (Wildman–Crippen MR) is 94.4 cm³/mol. The lowest BCUT2D eigenvalue weighted by Crippen LogP contribution is -2.12. The second-order valence-corrected chi connectivity index (χ2v) is 8.71. The van der Waals surface area contributed by atoms with Gasteiger partial charge in [-0.15, -0.1) is 11.3 Å². The van der Waals surface area contributed by atoms with Crippen molar-refractivity contribution in [2.45, 2.75) is 25.4 Å². The van der Waals surface area contributed by atoms with Crippen LogP contribution in [0.1, 0.15) is 35.0 Å². The number of thiophene rings is 1. The Hall–Kier alpha value is -1.06. The van der Waals surface area contributed by atoms with E-state index in [9.17, 15) is 18.1 Å². The van der Waals surface area contributed by atoms with Gasteiger partial charge >= 0.3 is 13.3 Å². The summed E-state index contributed by atoms with van der Waals surface area (Å²) < 4.78 is 45.1. The Labute approximate surface area is 154 Å². The van der Waals surface area contributed by atoms with E-state index in [0.717, 1.165) is 6.42 Å². The van der Waals surface area contributed by atoms with Gasteiger partial charge in [-0.3, -0.25) is 9.36 Å². The highest BCUT2D eigenvalue weighted by molar-refractivity contribution is 9.10. The quantitative estimate of drug-likeness (QED) is 0.426. The number of rotatable bonds is 7. The summed E-state index contributed by atoms with van der Waals surface area (Å²) in [6, 6.07) is 2.62. The predicted octanol–water partition coefficient (Wildman–Crippen LogP) is 4.17. The zero-order valence-electron chi connectivity index (χ0n) is 13.0. The number of hydrogen-bond acceptors (Lipinski definition) is 4. The van der Waals surface area contributed by atoms with Crippen LogP contribution in [0, 0.1) is 0 Å². The average molecular weight is 458 g/mol. The number of fused-ring (bicyclic) bond motifs is 1. The molecule has 0 radical (unpaired) electrons. The summed E-state index contributed by atoms with van der Waals surface area (Å²) in [7, 11) is -5.73. The van der Waals surface area contributed by atoms with Gasteiger partial charge in [0.2, 0.25) is 5.91 Å². The molecule has 2 rings (SSSR count). The maximum atomic E-state index is 14.1. The van der Waals surface area contributed by atoms with Crippen molar-refractivity contribution >= 4 is 50.9 Å². The Morgan fingerprint density at radius 2 is 2.08 bits per heavy atom. The summed E-state index contributed by atoms with van der Waals surface area (Å²) in [4.78, 5) is 28.6. The third-order valence-electron chi connectivity index (χ3n) is 3.37. The molecule has 1 heterocycles. The number of ether oxygens (including phenoxy) is 1. The van der Waals surface area contributed by atoms with E-state index in [4.69, 9.17) is 20.3 Å². The molecule has 0 aliphatic heterocycles. The van der Waals surface area contributed by atoms with Crippen LogP contribution in [0.2, 0.25) is 0 Å². The summed E-state index contributed by atoms with van der Waals surface area (Å²) in [5, 5.41) is 0.177. The first-order chi connectivity index (χ1) is 11.5. The SMILES string of the molecule is CCCCOc1cc(C(N)=O)cc2c(Br)c(C(F)(F)P(=O)(O)O)sc12. The molecule has 0 atom stereocenters. The van der Waals surface area contributed by atoms with Crippen molar-refractivity contribution < 1.29 is 32.7 Å². The third kappa shape index (κ3) is 3.88. The van der Waals surface area contributed by atoms with Crippen molar-refractivity contribution in [2.24, 2.45) is 5.73 Å². The molecule has 2 aromatic rings. The number of amides is 1. The number of hydrogen-bond donors (Lipinski definition) is 3. The molecule has 0 unspecified atom stereocenters. The maximum Gasteiger partial charge on any atom is 0.400 e. The lowest BCUT2D eigenvalue weighted by atomic mass is 10.1. The lowest BCUT2D eigenvalue weighted by Gasteiger charge is -2.16. The summed E-state index contributed by atoms with van der Waals surface area (Å²) in [5.41, 5.74) is 0.934. The molecule has 0 spiro atoms. The molecule has 1 aromatic carbocycles. The fourth-order valence-corrected chi connectivity index (χ4v) is 5.02. The van der Waals surface area contributed by atoms with Crippen LogP contribution in [0.25, 0.3) is 10.1 Å². The molecule has 0 fully saturated rings. The van der Waals surface area contributed by atoms with Crippen LogP contribution in [0.4, 0.5) is 8.78 Å². The van der Waals surface area contributed by atoms with E-state index < -0.39 is 24.0 Å². The normalized spacial score (nSPS) is 12.6. The first-order valence-electron chi connectivity index (χ1n) is 7.13. The second-order valence-electron chi connectivity index (χ2n) is 5.25. The Balaban J connectivity index is 2.70. The van der Waals surface area contributed by atoms with E-state index in [-0.39, 0.29) is 25.9 Å². The molecule has 1 aromatic heterocycles. The number of primary amides is 1. The van der Waals surface area contributed by atoms with Gasteiger partial charge in [0.1, 0.15) is 10.6 Å². The van der Waals surface area contributed by atoms with Crippen molar-refractivity contribution in [3.05, 3.63) is 27.0 Å². The van der Waals surface area contributed by atoms with Crippen LogP contribution >= 0.6 is 34.9 Å². The van der Waals surface area contributed by atoms with Crippen LogP contribution in [0.15, 0.2) is 16.6 Å². The highest BCUT2D eigenvalue weighted by Gasteiger charge is 2.53. The van der Waals surface area contributed by atoms with Crippen LogP contribution < -0.4 is 10.5 Å². The molecular weight excluding hydrogens is 443 g/mol. The summed E-state index contributed by atoms with van der Waals surface area (Å²) >= 11 is 3.46. The van der Waals surface area contributed by atoms with Crippen molar-refractivity contribution in [1.29, 1.82) is 0 Å². The van der Waals surface area contributed by atoms with E-state index in [1.807, 2.05) is 6.92 Å². The Morgan fingerprint density at radius 1 is 1.44 bits per heavy atom. The summed E-state index contributed by atoms with van der Waals surface area (Å²) in [6.07, 6.45) is 1.55. The number of alkyl halides is 2. The zero-order valence-corrected chi connectivity index (χ0v) is 16.3. The van der Waals surface area contributed by atoms with Gasteiger partial charge in [0.15, 0.2) is 0 Å². The van der Waals surface area contributed by atoms with Gasteiger partial charge in [-0.05, 0) is 34.5 Å². The topological polar surface area (TPSA) is 110 Å². The number of carbonyl (C=O) groups excluding carboxylic acids is 1. The van der Waals surface area contributed by atoms with Gasteiger partial charge in [-0.25, -0.2) is 0 Å². The van der Waals surface area contributed by atoms with Crippen LogP contribution in [-0.4, -0.2) is 22.3 Å². The molecule has 0 saturated carbocycles. The van der Waals surface area contributed by atoms with Gasteiger partial charge in [0.05, 0.1) is 11.3 Å². The van der Waals surface area contributed by atoms with Gasteiger partial charge in [0, 0.05) is 15.4 Å². The summed E-state index contributed by atoms with van der Waals surface area (Å²) in [6.45, 7) is 2.24. The average Bonchev–Trinajstić information content (AvgIpc) is 2.84. The Morgan fingerprint density at radius 3 is 2.60 bits per heavy atom. The highest BCUT2D eigenvalue weighted by Crippen LogP contribution is 2.63. The first kappa shape index (κ1) is 20.3. The monoisotopic (exact) mass is 457 g/mol. The minimum Gasteiger partial charge on any atom is -0.492 e. The fraction of sp³-hybridized carbons (Fsp3) is 0.357. The third-order valence-corrected chi connectivity index (χ3v) is 6.86. The molecule has 0 aliphatic rings. The van der Waals surface area contributed by atoms with E-state index in [1.54, 1.807) is 0 Å². The molecule has 11 heteroatoms. The molecule has 138 valence electrons. The zero-order chi connectivity index (χ0) is 19.0. The Kier molecular flexibility index (Phi) is 5.90. The van der Waals surface area contributed by atoms with E-state index in [0.29, 0.717) is 24.4 Å². The molecular formula is C14H15BrF2NO5PS. The second kappa shape index (κ2) is 7.28. The lowest BCUT2D eigenvalue weighted by molar-refractivity contribution is 0.0595. The summed E-state index contributed by atoms with van der Waals surface area (Å²) in [5.74, 6) is -0.609. The van der Waals surface area contributed by atoms with Crippen molar-refractivity contribution in [1.82, 2.24) is 0 Å². The minimum absolute atomic E-state index is 0.0449. The van der Waals surface area contributed by atoms with Crippen molar-refractivity contribution in [3.8, 4) is 5.75 Å². The van der Waals surface area contributed by atoms with Gasteiger partial charge in [-0.2, -0.15) is 8.78 Å². The fourth-order valence-electron chi connectivity index (χ4n) is 2.04. The van der Waals surface area contributed by atoms with E-state index in [1.165, 1.54) is 12.1 Å². The molecule has 4 N–H and O–H groups in total. The molecule has 1 amide bonds. The molecule has 25 heavy (non-hydrogen) atoms. The van der Waals surface area contributed by atoms with Gasteiger partial charge < -0.3 is 20.3 Å². The van der Waals surface area contributed by atoms with Crippen LogP contribution in [0.3, 0.4) is 0 Å². The molecule has 0 aliphatic carbocycles. The number of halogens is 3.